The molecular formula is C10H8F3N3OS. The molecule has 2 heterocycles. The van der Waals surface area contributed by atoms with Crippen molar-refractivity contribution in [3.8, 4) is 11.5 Å². The molecule has 0 fully saturated rings. The predicted molar refractivity (Wildman–Crippen MR) is 59.1 cm³/mol. The van der Waals surface area contributed by atoms with Crippen LogP contribution in [0.5, 0.6) is 0 Å². The van der Waals surface area contributed by atoms with E-state index in [9.17, 15) is 13.2 Å². The van der Waals surface area contributed by atoms with E-state index in [0.29, 0.717) is 10.6 Å². The van der Waals surface area contributed by atoms with Gasteiger partial charge in [0.15, 0.2) is 0 Å². The highest BCUT2D eigenvalue weighted by Crippen LogP contribution is 2.43. The Hall–Kier alpha value is -1.57. The Morgan fingerprint density at radius 2 is 2.06 bits per heavy atom. The lowest BCUT2D eigenvalue weighted by molar-refractivity contribution is -0.146. The number of nitrogen functional groups attached to an aromatic ring is 1. The number of aryl methyl sites for hydroxylation is 1. The Kier molecular flexibility index (Phi) is 2.37. The van der Waals surface area contributed by atoms with Gasteiger partial charge in [-0.3, -0.25) is 0 Å². The lowest BCUT2D eigenvalue weighted by Gasteiger charge is -1.97. The number of hydrogen-bond donors (Lipinski definition) is 1. The Morgan fingerprint density at radius 1 is 1.28 bits per heavy atom. The highest BCUT2D eigenvalue weighted by atomic mass is 32.1. The number of rotatable bonds is 1. The minimum atomic E-state index is -4.60. The number of hydrogen-bond acceptors (Lipinski definition) is 5. The van der Waals surface area contributed by atoms with Gasteiger partial charge >= 0.3 is 6.18 Å². The molecule has 2 N–H and O–H groups in total. The standard InChI is InChI=1S/C10H8F3N3OS/c11-10(12,13)9-15-8(17-16-9)6-4-2-1-3-5(4)18-7(6)14/h1-3,14H2. The predicted octanol–water partition coefficient (Wildman–Crippen LogP) is 2.89. The lowest BCUT2D eigenvalue weighted by atomic mass is 10.1. The minimum Gasteiger partial charge on any atom is -0.390 e. The van der Waals surface area contributed by atoms with Crippen LogP contribution in [0.3, 0.4) is 0 Å². The summed E-state index contributed by atoms with van der Waals surface area (Å²) < 4.78 is 41.9. The molecule has 0 atom stereocenters. The summed E-state index contributed by atoms with van der Waals surface area (Å²) in [7, 11) is 0. The summed E-state index contributed by atoms with van der Waals surface area (Å²) in [5.74, 6) is -1.41. The summed E-state index contributed by atoms with van der Waals surface area (Å²) >= 11 is 1.38. The van der Waals surface area contributed by atoms with Gasteiger partial charge in [0.05, 0.1) is 10.6 Å². The van der Waals surface area contributed by atoms with Crippen molar-refractivity contribution in [2.45, 2.75) is 25.4 Å². The van der Waals surface area contributed by atoms with Crippen LogP contribution >= 0.6 is 11.3 Å². The second-order valence-electron chi connectivity index (χ2n) is 4.02. The smallest absolute Gasteiger partial charge is 0.390 e. The summed E-state index contributed by atoms with van der Waals surface area (Å²) in [6.45, 7) is 0. The molecule has 2 aromatic rings. The second-order valence-corrected chi connectivity index (χ2v) is 5.15. The first kappa shape index (κ1) is 11.5. The van der Waals surface area contributed by atoms with Gasteiger partial charge in [-0.25, -0.2) is 0 Å². The monoisotopic (exact) mass is 275 g/mol. The highest BCUT2D eigenvalue weighted by Gasteiger charge is 2.38. The molecule has 0 saturated heterocycles. The van der Waals surface area contributed by atoms with Gasteiger partial charge in [-0.05, 0) is 24.8 Å². The molecule has 0 aliphatic heterocycles. The van der Waals surface area contributed by atoms with Crippen molar-refractivity contribution in [1.29, 1.82) is 0 Å². The summed E-state index contributed by atoms with van der Waals surface area (Å²) in [6, 6.07) is 0. The molecule has 18 heavy (non-hydrogen) atoms. The van der Waals surface area contributed by atoms with Gasteiger partial charge in [-0.15, -0.1) is 11.3 Å². The van der Waals surface area contributed by atoms with E-state index in [1.165, 1.54) is 11.3 Å². The summed E-state index contributed by atoms with van der Waals surface area (Å²) in [4.78, 5) is 4.49. The first-order valence-corrected chi connectivity index (χ1v) is 6.09. The average molecular weight is 275 g/mol. The molecule has 0 unspecified atom stereocenters. The van der Waals surface area contributed by atoms with Crippen molar-refractivity contribution < 1.29 is 17.7 Å². The Bertz CT molecular complexity index is 602. The van der Waals surface area contributed by atoms with Crippen LogP contribution in [0.4, 0.5) is 18.2 Å². The van der Waals surface area contributed by atoms with Gasteiger partial charge in [0, 0.05) is 4.88 Å². The lowest BCUT2D eigenvalue weighted by Crippen LogP contribution is -2.07. The molecular weight excluding hydrogens is 267 g/mol. The van der Waals surface area contributed by atoms with E-state index >= 15 is 0 Å². The van der Waals surface area contributed by atoms with E-state index in [1.807, 2.05) is 0 Å². The van der Waals surface area contributed by atoms with Crippen molar-refractivity contribution >= 4 is 16.3 Å². The van der Waals surface area contributed by atoms with E-state index in [0.717, 1.165) is 29.7 Å². The maximum atomic E-state index is 12.4. The van der Waals surface area contributed by atoms with E-state index in [4.69, 9.17) is 5.73 Å². The van der Waals surface area contributed by atoms with Gasteiger partial charge < -0.3 is 10.3 Å². The fourth-order valence-electron chi connectivity index (χ4n) is 2.10. The van der Waals surface area contributed by atoms with Crippen molar-refractivity contribution in [3.63, 3.8) is 0 Å². The number of nitrogens with two attached hydrogens (primary N) is 1. The molecule has 0 bridgehead atoms. The number of alkyl halides is 3. The molecule has 0 saturated carbocycles. The van der Waals surface area contributed by atoms with Gasteiger partial charge in [-0.1, -0.05) is 5.16 Å². The minimum absolute atomic E-state index is 0.140. The molecule has 1 aliphatic carbocycles. The Labute approximate surface area is 104 Å². The molecule has 0 spiro atoms. The average Bonchev–Trinajstić information content (AvgIpc) is 2.89. The highest BCUT2D eigenvalue weighted by molar-refractivity contribution is 7.16. The van der Waals surface area contributed by atoms with Crippen molar-refractivity contribution in [1.82, 2.24) is 10.1 Å². The number of halogens is 3. The van der Waals surface area contributed by atoms with Crippen LogP contribution in [0.2, 0.25) is 0 Å². The third kappa shape index (κ3) is 1.67. The normalized spacial score (nSPS) is 15.1. The molecule has 2 aromatic heterocycles. The van der Waals surface area contributed by atoms with Crippen LogP contribution in [-0.4, -0.2) is 10.1 Å². The van der Waals surface area contributed by atoms with E-state index in [1.54, 1.807) is 0 Å². The van der Waals surface area contributed by atoms with Crippen molar-refractivity contribution in [3.05, 3.63) is 16.3 Å². The van der Waals surface area contributed by atoms with Gasteiger partial charge in [0.25, 0.3) is 11.7 Å². The zero-order valence-electron chi connectivity index (χ0n) is 9.04. The van der Waals surface area contributed by atoms with Crippen molar-refractivity contribution in [2.75, 3.05) is 5.73 Å². The topological polar surface area (TPSA) is 64.9 Å². The molecule has 96 valence electrons. The van der Waals surface area contributed by atoms with Gasteiger partial charge in [0.1, 0.15) is 0 Å². The van der Waals surface area contributed by atoms with E-state index in [2.05, 4.69) is 14.7 Å². The second kappa shape index (κ2) is 3.71. The van der Waals surface area contributed by atoms with Gasteiger partial charge in [0.2, 0.25) is 0 Å². The maximum Gasteiger partial charge on any atom is 0.455 e. The first-order chi connectivity index (χ1) is 8.47. The zero-order chi connectivity index (χ0) is 12.9. The number of aromatic nitrogens is 2. The molecule has 0 aromatic carbocycles. The van der Waals surface area contributed by atoms with Crippen molar-refractivity contribution in [2.24, 2.45) is 0 Å². The number of nitrogens with zero attached hydrogens (tertiary/aromatic N) is 2. The largest absolute Gasteiger partial charge is 0.455 e. The van der Waals surface area contributed by atoms with Gasteiger partial charge in [-0.2, -0.15) is 18.2 Å². The molecule has 4 nitrogen and oxygen atoms in total. The molecule has 0 amide bonds. The number of anilines is 1. The Balaban J connectivity index is 2.08. The molecule has 1 aliphatic rings. The van der Waals surface area contributed by atoms with Crippen LogP contribution in [0.15, 0.2) is 4.52 Å². The van der Waals surface area contributed by atoms with Crippen LogP contribution in [0, 0.1) is 0 Å². The van der Waals surface area contributed by atoms with E-state index in [-0.39, 0.29) is 5.89 Å². The first-order valence-electron chi connectivity index (χ1n) is 5.28. The quantitative estimate of drug-likeness (QED) is 0.869. The molecule has 8 heteroatoms. The summed E-state index contributed by atoms with van der Waals surface area (Å²) in [5.41, 5.74) is 7.25. The fraction of sp³-hybridized carbons (Fsp3) is 0.400. The van der Waals surface area contributed by atoms with E-state index < -0.39 is 12.0 Å². The van der Waals surface area contributed by atoms with Crippen LogP contribution in [0.25, 0.3) is 11.5 Å². The Morgan fingerprint density at radius 3 is 2.72 bits per heavy atom. The third-order valence-corrected chi connectivity index (χ3v) is 3.96. The SMILES string of the molecule is Nc1sc2c(c1-c1nc(C(F)(F)F)no1)CCC2. The maximum absolute atomic E-state index is 12.4. The molecule has 0 radical (unpaired) electrons. The number of thiophene rings is 1. The fourth-order valence-corrected chi connectivity index (χ4v) is 3.25. The molecule has 3 rings (SSSR count). The summed E-state index contributed by atoms with van der Waals surface area (Å²) in [6.07, 6.45) is -1.92. The van der Waals surface area contributed by atoms with Crippen LogP contribution < -0.4 is 5.73 Å². The van der Waals surface area contributed by atoms with Crippen LogP contribution in [0.1, 0.15) is 22.7 Å². The zero-order valence-corrected chi connectivity index (χ0v) is 9.86. The van der Waals surface area contributed by atoms with Crippen LogP contribution in [-0.2, 0) is 19.0 Å². The number of fused-ring (bicyclic) bond motifs is 1. The summed E-state index contributed by atoms with van der Waals surface area (Å²) in [5, 5.41) is 3.39. The third-order valence-electron chi connectivity index (χ3n) is 2.84.